The Kier molecular flexibility index (Phi) is 7.97. The minimum Gasteiger partial charge on any atom is -0.543 e. The molecule has 0 aliphatic carbocycles. The van der Waals surface area contributed by atoms with Gasteiger partial charge in [0.05, 0.1) is 12.2 Å². The molecule has 1 aliphatic heterocycles. The van der Waals surface area contributed by atoms with Crippen molar-refractivity contribution in [1.29, 1.82) is 0 Å². The Labute approximate surface area is 193 Å². The average Bonchev–Trinajstić information content (AvgIpc) is 2.65. The third-order valence-electron chi connectivity index (χ3n) is 7.84. The molecule has 1 fully saturated rings. The number of hydrogen-bond acceptors (Lipinski definition) is 4. The van der Waals surface area contributed by atoms with Crippen LogP contribution in [0.25, 0.3) is 0 Å². The van der Waals surface area contributed by atoms with Crippen LogP contribution >= 0.6 is 0 Å². The molecule has 31 heavy (non-hydrogen) atoms. The molecule has 0 unspecified atom stereocenters. The number of ether oxygens (including phenoxy) is 2. The van der Waals surface area contributed by atoms with E-state index in [1.54, 1.807) is 0 Å². The highest BCUT2D eigenvalue weighted by Gasteiger charge is 2.41. The third kappa shape index (κ3) is 6.02. The molecule has 0 atom stereocenters. The van der Waals surface area contributed by atoms with Crippen molar-refractivity contribution in [2.24, 2.45) is 0 Å². The van der Waals surface area contributed by atoms with Gasteiger partial charge in [0, 0.05) is 38.7 Å². The molecule has 6 heteroatoms. The molecule has 4 nitrogen and oxygen atoms in total. The zero-order valence-corrected chi connectivity index (χ0v) is 23.9. The van der Waals surface area contributed by atoms with Gasteiger partial charge in [0.1, 0.15) is 5.75 Å². The molecule has 0 bridgehead atoms. The summed E-state index contributed by atoms with van der Waals surface area (Å²) in [6.07, 6.45) is 1.74. The van der Waals surface area contributed by atoms with E-state index in [1.165, 1.54) is 5.56 Å². The largest absolute Gasteiger partial charge is 0.543 e. The van der Waals surface area contributed by atoms with Gasteiger partial charge in [-0.2, -0.15) is 0 Å². The van der Waals surface area contributed by atoms with Gasteiger partial charge in [-0.3, -0.25) is 0 Å². The summed E-state index contributed by atoms with van der Waals surface area (Å²) in [5.74, 6) is 0.965. The molecule has 0 radical (unpaired) electrons. The van der Waals surface area contributed by atoms with Crippen molar-refractivity contribution in [2.45, 2.75) is 103 Å². The minimum atomic E-state index is -1.97. The van der Waals surface area contributed by atoms with Crippen LogP contribution in [0.3, 0.4) is 0 Å². The lowest BCUT2D eigenvalue weighted by Gasteiger charge is -2.39. The van der Waals surface area contributed by atoms with Crippen LogP contribution in [0.4, 0.5) is 0 Å². The molecular weight excluding hydrogens is 420 g/mol. The van der Waals surface area contributed by atoms with Crippen LogP contribution in [-0.2, 0) is 26.1 Å². The summed E-state index contributed by atoms with van der Waals surface area (Å²) in [4.78, 5) is 0. The lowest BCUT2D eigenvalue weighted by Crippen LogP contribution is -2.44. The van der Waals surface area contributed by atoms with E-state index in [2.05, 4.69) is 85.9 Å². The molecule has 1 heterocycles. The Morgan fingerprint density at radius 1 is 0.903 bits per heavy atom. The van der Waals surface area contributed by atoms with Crippen molar-refractivity contribution in [2.75, 3.05) is 20.3 Å². The Bertz CT molecular complexity index is 739. The van der Waals surface area contributed by atoms with Crippen molar-refractivity contribution in [3.05, 3.63) is 29.3 Å². The molecule has 0 saturated carbocycles. The second kappa shape index (κ2) is 9.30. The topological polar surface area (TPSA) is 36.9 Å². The van der Waals surface area contributed by atoms with Gasteiger partial charge in [-0.1, -0.05) is 47.6 Å². The maximum atomic E-state index is 6.77. The first-order chi connectivity index (χ1) is 14.0. The maximum absolute atomic E-state index is 6.77. The molecule has 178 valence electrons. The van der Waals surface area contributed by atoms with E-state index in [9.17, 15) is 0 Å². The monoisotopic (exact) mass is 466 g/mol. The Hall–Kier alpha value is -0.666. The molecule has 2 rings (SSSR count). The number of hydrogen-bond donors (Lipinski definition) is 0. The van der Waals surface area contributed by atoms with Crippen molar-refractivity contribution in [3.8, 4) is 5.75 Å². The SMILES string of the molecule is COC1(c2ccc(O[Si](C)(C)C(C)(C)C)c(CO[Si](C)(C)C(C)(C)C)c2)CCOCC1. The van der Waals surface area contributed by atoms with Crippen LogP contribution in [0.1, 0.15) is 65.5 Å². The van der Waals surface area contributed by atoms with Gasteiger partial charge in [-0.25, -0.2) is 0 Å². The van der Waals surface area contributed by atoms with E-state index in [-0.39, 0.29) is 15.7 Å². The van der Waals surface area contributed by atoms with Crippen LogP contribution in [-0.4, -0.2) is 37.0 Å². The van der Waals surface area contributed by atoms with Gasteiger partial charge in [-0.15, -0.1) is 0 Å². The van der Waals surface area contributed by atoms with Gasteiger partial charge < -0.3 is 18.3 Å². The number of methoxy groups -OCH3 is 1. The third-order valence-corrected chi connectivity index (χ3v) is 16.7. The smallest absolute Gasteiger partial charge is 0.250 e. The first-order valence-corrected chi connectivity index (χ1v) is 17.5. The fourth-order valence-corrected chi connectivity index (χ4v) is 5.29. The Morgan fingerprint density at radius 2 is 1.45 bits per heavy atom. The van der Waals surface area contributed by atoms with E-state index in [4.69, 9.17) is 18.3 Å². The van der Waals surface area contributed by atoms with Crippen LogP contribution in [0.2, 0.25) is 36.3 Å². The first-order valence-electron chi connectivity index (χ1n) is 11.6. The Morgan fingerprint density at radius 3 is 1.94 bits per heavy atom. The summed E-state index contributed by atoms with van der Waals surface area (Å²) in [7, 11) is -2.04. The minimum absolute atomic E-state index is 0.137. The highest BCUT2D eigenvalue weighted by Crippen LogP contribution is 2.42. The molecule has 1 aromatic carbocycles. The average molecular weight is 467 g/mol. The summed E-state index contributed by atoms with van der Waals surface area (Å²) in [5, 5.41) is 0.303. The van der Waals surface area contributed by atoms with Crippen LogP contribution in [0.15, 0.2) is 18.2 Å². The number of rotatable bonds is 7. The van der Waals surface area contributed by atoms with Gasteiger partial charge >= 0.3 is 0 Å². The number of benzene rings is 1. The standard InChI is InChI=1S/C25H46O4Si2/c1-23(2,3)30(8,9)28-19-20-18-21(25(26-7)14-16-27-17-15-25)12-13-22(20)29-31(10,11)24(4,5)6/h12-13,18H,14-17,19H2,1-11H3. The van der Waals surface area contributed by atoms with Gasteiger partial charge in [0.15, 0.2) is 8.32 Å². The normalized spacial score (nSPS) is 18.2. The van der Waals surface area contributed by atoms with E-state index in [1.807, 2.05) is 7.11 Å². The van der Waals surface area contributed by atoms with Crippen molar-refractivity contribution in [3.63, 3.8) is 0 Å². The van der Waals surface area contributed by atoms with Gasteiger partial charge in [0.25, 0.3) is 0 Å². The zero-order valence-electron chi connectivity index (χ0n) is 21.9. The Balaban J connectivity index is 2.45. The highest BCUT2D eigenvalue weighted by atomic mass is 28.4. The summed E-state index contributed by atoms with van der Waals surface area (Å²) in [5.41, 5.74) is 2.05. The second-order valence-electron chi connectivity index (χ2n) is 12.0. The zero-order chi connectivity index (χ0) is 23.7. The van der Waals surface area contributed by atoms with Crippen LogP contribution in [0.5, 0.6) is 5.75 Å². The predicted octanol–water partition coefficient (Wildman–Crippen LogP) is 7.24. The maximum Gasteiger partial charge on any atom is 0.250 e. The van der Waals surface area contributed by atoms with Crippen molar-refractivity contribution in [1.82, 2.24) is 0 Å². The second-order valence-corrected chi connectivity index (χ2v) is 21.6. The summed E-state index contributed by atoms with van der Waals surface area (Å²) in [6, 6.07) is 6.61. The fourth-order valence-electron chi connectivity index (χ4n) is 3.29. The summed E-state index contributed by atoms with van der Waals surface area (Å²) in [6.45, 7) is 24.9. The molecule has 0 amide bonds. The summed E-state index contributed by atoms with van der Waals surface area (Å²) >= 11 is 0. The molecule has 0 spiro atoms. The predicted molar refractivity (Wildman–Crippen MR) is 135 cm³/mol. The quantitative estimate of drug-likeness (QED) is 0.397. The molecule has 1 aliphatic rings. The van der Waals surface area contributed by atoms with E-state index >= 15 is 0 Å². The lowest BCUT2D eigenvalue weighted by molar-refractivity contribution is -0.0948. The molecule has 1 saturated heterocycles. The van der Waals surface area contributed by atoms with E-state index in [0.29, 0.717) is 6.61 Å². The fraction of sp³-hybridized carbons (Fsp3) is 0.760. The van der Waals surface area contributed by atoms with Gasteiger partial charge in [0.2, 0.25) is 8.32 Å². The molecule has 0 N–H and O–H groups in total. The van der Waals surface area contributed by atoms with E-state index < -0.39 is 16.6 Å². The van der Waals surface area contributed by atoms with Crippen molar-refractivity contribution < 1.29 is 18.3 Å². The highest BCUT2D eigenvalue weighted by molar-refractivity contribution is 6.75. The summed E-state index contributed by atoms with van der Waals surface area (Å²) < 4.78 is 25.1. The van der Waals surface area contributed by atoms with Crippen molar-refractivity contribution >= 4 is 16.6 Å². The first kappa shape index (κ1) is 26.6. The molecule has 1 aromatic rings. The van der Waals surface area contributed by atoms with Crippen LogP contribution in [0, 0.1) is 0 Å². The van der Waals surface area contributed by atoms with Gasteiger partial charge in [-0.05, 0) is 54.0 Å². The van der Waals surface area contributed by atoms with E-state index in [0.717, 1.165) is 37.4 Å². The molecule has 0 aromatic heterocycles. The van der Waals surface area contributed by atoms with Crippen LogP contribution < -0.4 is 4.43 Å². The molecular formula is C25H46O4Si2. The lowest BCUT2D eigenvalue weighted by atomic mass is 9.85.